The lowest BCUT2D eigenvalue weighted by Gasteiger charge is -2.18. The van der Waals surface area contributed by atoms with Gasteiger partial charge in [0.2, 0.25) is 0 Å². The minimum absolute atomic E-state index is 0.335. The van der Waals surface area contributed by atoms with E-state index in [0.717, 1.165) is 10.3 Å². The van der Waals surface area contributed by atoms with Crippen molar-refractivity contribution < 1.29 is 18.0 Å². The van der Waals surface area contributed by atoms with E-state index in [9.17, 15) is 18.0 Å². The molecule has 2 aromatic rings. The van der Waals surface area contributed by atoms with E-state index in [1.807, 2.05) is 0 Å². The maximum Gasteiger partial charge on any atom is 0.390 e. The van der Waals surface area contributed by atoms with E-state index in [4.69, 9.17) is 0 Å². The largest absolute Gasteiger partial charge is 0.390 e. The van der Waals surface area contributed by atoms with Gasteiger partial charge in [-0.15, -0.1) is 0 Å². The second-order valence-electron chi connectivity index (χ2n) is 4.26. The van der Waals surface area contributed by atoms with Crippen LogP contribution < -0.4 is 0 Å². The van der Waals surface area contributed by atoms with Gasteiger partial charge in [-0.2, -0.15) is 18.3 Å². The van der Waals surface area contributed by atoms with Crippen molar-refractivity contribution in [2.75, 3.05) is 13.6 Å². The van der Waals surface area contributed by atoms with Crippen molar-refractivity contribution in [3.63, 3.8) is 0 Å². The minimum Gasteiger partial charge on any atom is -0.341 e. The summed E-state index contributed by atoms with van der Waals surface area (Å²) in [5.41, 5.74) is 1.01. The average molecular weight is 271 g/mol. The van der Waals surface area contributed by atoms with Crippen molar-refractivity contribution in [2.24, 2.45) is 0 Å². The zero-order valence-electron chi connectivity index (χ0n) is 10.2. The van der Waals surface area contributed by atoms with Crippen LogP contribution in [0.2, 0.25) is 0 Å². The number of nitrogens with one attached hydrogen (secondary N) is 1. The first-order valence-corrected chi connectivity index (χ1v) is 5.62. The van der Waals surface area contributed by atoms with Gasteiger partial charge in [0.1, 0.15) is 0 Å². The van der Waals surface area contributed by atoms with Crippen molar-refractivity contribution in [2.45, 2.75) is 12.6 Å². The summed E-state index contributed by atoms with van der Waals surface area (Å²) in [5.74, 6) is -0.444. The normalized spacial score (nSPS) is 11.8. The van der Waals surface area contributed by atoms with Crippen LogP contribution in [0, 0.1) is 0 Å². The quantitative estimate of drug-likeness (QED) is 0.932. The smallest absolute Gasteiger partial charge is 0.341 e. The number of hydrogen-bond donors (Lipinski definition) is 1. The van der Waals surface area contributed by atoms with Crippen LogP contribution in [0.3, 0.4) is 0 Å². The summed E-state index contributed by atoms with van der Waals surface area (Å²) in [4.78, 5) is 13.0. The maximum atomic E-state index is 12.1. The molecule has 2 rings (SSSR count). The Hall–Kier alpha value is -2.05. The molecular weight excluding hydrogens is 259 g/mol. The first-order chi connectivity index (χ1) is 8.87. The third kappa shape index (κ3) is 3.24. The molecule has 0 radical (unpaired) electrons. The first kappa shape index (κ1) is 13.4. The Morgan fingerprint density at radius 1 is 1.42 bits per heavy atom. The third-order valence-electron chi connectivity index (χ3n) is 2.77. The van der Waals surface area contributed by atoms with E-state index in [1.54, 1.807) is 24.4 Å². The highest BCUT2D eigenvalue weighted by Crippen LogP contribution is 2.20. The fourth-order valence-corrected chi connectivity index (χ4v) is 1.69. The molecule has 0 aliphatic rings. The van der Waals surface area contributed by atoms with E-state index in [1.165, 1.54) is 7.05 Å². The molecular formula is C12H12F3N3O. The molecule has 0 atom stereocenters. The fourth-order valence-electron chi connectivity index (χ4n) is 1.69. The van der Waals surface area contributed by atoms with E-state index < -0.39 is 18.5 Å². The number of amides is 1. The van der Waals surface area contributed by atoms with Crippen LogP contribution in [0.1, 0.15) is 16.8 Å². The van der Waals surface area contributed by atoms with Gasteiger partial charge in [0.05, 0.1) is 18.1 Å². The third-order valence-corrected chi connectivity index (χ3v) is 2.77. The number of halogens is 3. The van der Waals surface area contributed by atoms with Crippen LogP contribution in [-0.4, -0.2) is 40.8 Å². The molecule has 102 valence electrons. The molecule has 1 amide bonds. The number of aromatic nitrogens is 2. The van der Waals surface area contributed by atoms with Gasteiger partial charge in [-0.05, 0) is 12.1 Å². The SMILES string of the molecule is CN(CCC(F)(F)F)C(=O)c1ccc2cn[nH]c2c1. The molecule has 7 heteroatoms. The highest BCUT2D eigenvalue weighted by Gasteiger charge is 2.28. The Bertz CT molecular complexity index is 591. The number of alkyl halides is 3. The number of carbonyl (C=O) groups excluding carboxylic acids is 1. The second kappa shape index (κ2) is 4.91. The number of rotatable bonds is 3. The van der Waals surface area contributed by atoms with Crippen LogP contribution in [0.15, 0.2) is 24.4 Å². The zero-order valence-corrected chi connectivity index (χ0v) is 10.2. The molecule has 0 aliphatic carbocycles. The van der Waals surface area contributed by atoms with Gasteiger partial charge in [-0.25, -0.2) is 0 Å². The van der Waals surface area contributed by atoms with Crippen molar-refractivity contribution in [1.82, 2.24) is 15.1 Å². The molecule has 1 N–H and O–H groups in total. The summed E-state index contributed by atoms with van der Waals surface area (Å²) >= 11 is 0. The van der Waals surface area contributed by atoms with Gasteiger partial charge in [0.25, 0.3) is 5.91 Å². The van der Waals surface area contributed by atoms with Gasteiger partial charge in [0, 0.05) is 24.5 Å². The van der Waals surface area contributed by atoms with Gasteiger partial charge < -0.3 is 4.90 Å². The number of H-pyrrole nitrogens is 1. The Kier molecular flexibility index (Phi) is 3.46. The molecule has 0 fully saturated rings. The standard InChI is InChI=1S/C12H12F3N3O/c1-18(5-4-12(13,14)15)11(19)8-2-3-9-7-16-17-10(9)6-8/h2-3,6-7H,4-5H2,1H3,(H,16,17). The number of carbonyl (C=O) groups is 1. The molecule has 1 heterocycles. The Balaban J connectivity index is 2.09. The summed E-state index contributed by atoms with van der Waals surface area (Å²) in [6, 6.07) is 4.85. The highest BCUT2D eigenvalue weighted by atomic mass is 19.4. The van der Waals surface area contributed by atoms with E-state index in [2.05, 4.69) is 10.2 Å². The number of nitrogens with zero attached hydrogens (tertiary/aromatic N) is 2. The lowest BCUT2D eigenvalue weighted by Crippen LogP contribution is -2.30. The van der Waals surface area contributed by atoms with Crippen LogP contribution in [0.25, 0.3) is 10.9 Å². The minimum atomic E-state index is -4.26. The van der Waals surface area contributed by atoms with Crippen molar-refractivity contribution >= 4 is 16.8 Å². The monoisotopic (exact) mass is 271 g/mol. The molecule has 1 aromatic carbocycles. The van der Waals surface area contributed by atoms with Crippen molar-refractivity contribution in [1.29, 1.82) is 0 Å². The van der Waals surface area contributed by atoms with E-state index in [-0.39, 0.29) is 6.54 Å². The van der Waals surface area contributed by atoms with E-state index >= 15 is 0 Å². The van der Waals surface area contributed by atoms with Gasteiger partial charge >= 0.3 is 6.18 Å². The molecule has 0 saturated heterocycles. The number of hydrogen-bond acceptors (Lipinski definition) is 2. The van der Waals surface area contributed by atoms with Crippen LogP contribution in [-0.2, 0) is 0 Å². The first-order valence-electron chi connectivity index (χ1n) is 5.62. The Labute approximate surface area is 107 Å². The number of fused-ring (bicyclic) bond motifs is 1. The van der Waals surface area contributed by atoms with Crippen LogP contribution in [0.4, 0.5) is 13.2 Å². The molecule has 0 spiro atoms. The second-order valence-corrected chi connectivity index (χ2v) is 4.26. The van der Waals surface area contributed by atoms with Crippen LogP contribution in [0.5, 0.6) is 0 Å². The fraction of sp³-hybridized carbons (Fsp3) is 0.333. The maximum absolute atomic E-state index is 12.1. The number of benzene rings is 1. The molecule has 19 heavy (non-hydrogen) atoms. The summed E-state index contributed by atoms with van der Waals surface area (Å²) in [6.45, 7) is -0.358. The zero-order chi connectivity index (χ0) is 14.0. The van der Waals surface area contributed by atoms with Gasteiger partial charge in [-0.1, -0.05) is 6.07 Å². The van der Waals surface area contributed by atoms with E-state index in [0.29, 0.717) is 11.1 Å². The van der Waals surface area contributed by atoms with Crippen LogP contribution >= 0.6 is 0 Å². The number of aromatic amines is 1. The Morgan fingerprint density at radius 2 is 2.16 bits per heavy atom. The molecule has 0 bridgehead atoms. The predicted octanol–water partition coefficient (Wildman–Crippen LogP) is 2.59. The summed E-state index contributed by atoms with van der Waals surface area (Å²) in [7, 11) is 1.35. The Morgan fingerprint density at radius 3 is 2.84 bits per heavy atom. The van der Waals surface area contributed by atoms with Crippen molar-refractivity contribution in [3.05, 3.63) is 30.0 Å². The lowest BCUT2D eigenvalue weighted by molar-refractivity contribution is -0.136. The predicted molar refractivity (Wildman–Crippen MR) is 63.7 cm³/mol. The van der Waals surface area contributed by atoms with Gasteiger partial charge in [-0.3, -0.25) is 9.89 Å². The lowest BCUT2D eigenvalue weighted by atomic mass is 10.1. The molecule has 0 saturated carbocycles. The topological polar surface area (TPSA) is 49.0 Å². The summed E-state index contributed by atoms with van der Waals surface area (Å²) < 4.78 is 36.3. The summed E-state index contributed by atoms with van der Waals surface area (Å²) in [6.07, 6.45) is -3.67. The molecule has 0 aliphatic heterocycles. The average Bonchev–Trinajstić information content (AvgIpc) is 2.81. The van der Waals surface area contributed by atoms with Crippen molar-refractivity contribution in [3.8, 4) is 0 Å². The molecule has 1 aromatic heterocycles. The van der Waals surface area contributed by atoms with Gasteiger partial charge in [0.15, 0.2) is 0 Å². The molecule has 4 nitrogen and oxygen atoms in total. The highest BCUT2D eigenvalue weighted by molar-refractivity contribution is 5.97. The summed E-state index contributed by atoms with van der Waals surface area (Å²) in [5, 5.41) is 7.37. The molecule has 0 unspecified atom stereocenters.